The fourth-order valence-corrected chi connectivity index (χ4v) is 1.79. The zero-order valence-corrected chi connectivity index (χ0v) is 8.86. The van der Waals surface area contributed by atoms with E-state index in [1.807, 2.05) is 6.92 Å². The monoisotopic (exact) mass is 201 g/mol. The maximum absolute atomic E-state index is 11.5. The van der Waals surface area contributed by atoms with Crippen molar-refractivity contribution < 1.29 is 14.3 Å². The molecule has 1 saturated carbocycles. The summed E-state index contributed by atoms with van der Waals surface area (Å²) in [6.07, 6.45) is 2.39. The molecular weight excluding hydrogens is 182 g/mol. The highest BCUT2D eigenvalue weighted by Crippen LogP contribution is 2.25. The van der Waals surface area contributed by atoms with Crippen LogP contribution in [0.3, 0.4) is 0 Å². The van der Waals surface area contributed by atoms with Crippen molar-refractivity contribution in [1.82, 2.24) is 0 Å². The summed E-state index contributed by atoms with van der Waals surface area (Å²) in [5.41, 5.74) is 5.72. The molecule has 1 unspecified atom stereocenters. The average molecular weight is 201 g/mol. The van der Waals surface area contributed by atoms with Crippen molar-refractivity contribution in [2.45, 2.75) is 38.3 Å². The fraction of sp³-hybridized carbons (Fsp3) is 0.900. The largest absolute Gasteiger partial charge is 0.460 e. The number of nitrogens with two attached hydrogens (primary N) is 1. The lowest BCUT2D eigenvalue weighted by Crippen LogP contribution is -2.25. The Morgan fingerprint density at radius 3 is 2.79 bits per heavy atom. The Labute approximate surface area is 84.7 Å². The van der Waals surface area contributed by atoms with E-state index in [4.69, 9.17) is 15.2 Å². The maximum Gasteiger partial charge on any atom is 0.309 e. The number of rotatable bonds is 4. The number of carbonyl (C=O) groups is 1. The van der Waals surface area contributed by atoms with E-state index in [-0.39, 0.29) is 24.0 Å². The van der Waals surface area contributed by atoms with E-state index in [9.17, 15) is 4.79 Å². The first kappa shape index (κ1) is 11.5. The maximum atomic E-state index is 11.5. The third-order valence-electron chi connectivity index (χ3n) is 2.53. The van der Waals surface area contributed by atoms with Crippen LogP contribution in [0.5, 0.6) is 0 Å². The third kappa shape index (κ3) is 3.27. The summed E-state index contributed by atoms with van der Waals surface area (Å²) >= 11 is 0. The molecule has 14 heavy (non-hydrogen) atoms. The Balaban J connectivity index is 2.27. The number of methoxy groups -OCH3 is 1. The van der Waals surface area contributed by atoms with E-state index < -0.39 is 0 Å². The molecular formula is C10H19NO3. The lowest BCUT2D eigenvalue weighted by atomic mass is 10.1. The van der Waals surface area contributed by atoms with Gasteiger partial charge in [0.15, 0.2) is 0 Å². The van der Waals surface area contributed by atoms with E-state index in [1.165, 1.54) is 0 Å². The van der Waals surface area contributed by atoms with Crippen molar-refractivity contribution in [3.05, 3.63) is 0 Å². The Hall–Kier alpha value is -0.610. The normalized spacial score (nSPS) is 28.8. The third-order valence-corrected chi connectivity index (χ3v) is 2.53. The molecule has 0 radical (unpaired) electrons. The van der Waals surface area contributed by atoms with Gasteiger partial charge in [-0.25, -0.2) is 0 Å². The molecule has 0 amide bonds. The first-order valence-corrected chi connectivity index (χ1v) is 5.08. The Morgan fingerprint density at radius 1 is 1.57 bits per heavy atom. The van der Waals surface area contributed by atoms with E-state index in [2.05, 4.69) is 0 Å². The predicted octanol–water partition coefficient (Wildman–Crippen LogP) is 0.692. The molecule has 0 aliphatic heterocycles. The first-order valence-electron chi connectivity index (χ1n) is 5.08. The molecule has 0 spiro atoms. The molecule has 1 aliphatic rings. The second-order valence-corrected chi connectivity index (χ2v) is 3.97. The van der Waals surface area contributed by atoms with Crippen LogP contribution in [0.15, 0.2) is 0 Å². The van der Waals surface area contributed by atoms with Gasteiger partial charge in [-0.1, -0.05) is 0 Å². The molecule has 2 N–H and O–H groups in total. The number of hydrogen-bond acceptors (Lipinski definition) is 4. The highest BCUT2D eigenvalue weighted by molar-refractivity contribution is 5.73. The predicted molar refractivity (Wildman–Crippen MR) is 52.7 cm³/mol. The second kappa shape index (κ2) is 5.32. The minimum Gasteiger partial charge on any atom is -0.460 e. The lowest BCUT2D eigenvalue weighted by Gasteiger charge is -2.15. The molecule has 0 bridgehead atoms. The summed E-state index contributed by atoms with van der Waals surface area (Å²) < 4.78 is 10.1. The standard InChI is InChI=1S/C10H19NO3/c1-7(6-13-2)14-10(12)8-3-4-9(11)5-8/h7-9H,3-6,11H2,1-2H3/t7?,8-,9+/m1/s1. The number of carbonyl (C=O) groups excluding carboxylic acids is 1. The van der Waals surface area contributed by atoms with Gasteiger partial charge in [0.2, 0.25) is 0 Å². The van der Waals surface area contributed by atoms with Crippen LogP contribution < -0.4 is 5.73 Å². The molecule has 82 valence electrons. The van der Waals surface area contributed by atoms with Crippen molar-refractivity contribution in [2.75, 3.05) is 13.7 Å². The number of hydrogen-bond donors (Lipinski definition) is 1. The van der Waals surface area contributed by atoms with Crippen molar-refractivity contribution in [2.24, 2.45) is 11.7 Å². The molecule has 0 saturated heterocycles. The molecule has 1 fully saturated rings. The molecule has 4 heteroatoms. The van der Waals surface area contributed by atoms with Gasteiger partial charge in [0.25, 0.3) is 0 Å². The van der Waals surface area contributed by atoms with Crippen molar-refractivity contribution in [1.29, 1.82) is 0 Å². The smallest absolute Gasteiger partial charge is 0.309 e. The summed E-state index contributed by atoms with van der Waals surface area (Å²) in [4.78, 5) is 11.5. The molecule has 0 aromatic carbocycles. The van der Waals surface area contributed by atoms with Crippen LogP contribution in [0, 0.1) is 5.92 Å². The summed E-state index contributed by atoms with van der Waals surface area (Å²) in [5.74, 6) is -0.119. The second-order valence-electron chi connectivity index (χ2n) is 3.97. The molecule has 0 heterocycles. The lowest BCUT2D eigenvalue weighted by molar-refractivity contribution is -0.155. The van der Waals surface area contributed by atoms with E-state index >= 15 is 0 Å². The van der Waals surface area contributed by atoms with Crippen LogP contribution in [-0.4, -0.2) is 31.8 Å². The Kier molecular flexibility index (Phi) is 4.35. The highest BCUT2D eigenvalue weighted by Gasteiger charge is 2.29. The zero-order valence-electron chi connectivity index (χ0n) is 8.86. The zero-order chi connectivity index (χ0) is 10.6. The SMILES string of the molecule is COCC(C)OC(=O)[C@@H]1CC[C@H](N)C1. The van der Waals surface area contributed by atoms with Crippen molar-refractivity contribution in [3.8, 4) is 0 Å². The number of esters is 1. The molecule has 4 nitrogen and oxygen atoms in total. The summed E-state index contributed by atoms with van der Waals surface area (Å²) in [6.45, 7) is 2.28. The molecule has 0 aromatic rings. The molecule has 3 atom stereocenters. The summed E-state index contributed by atoms with van der Waals surface area (Å²) in [7, 11) is 1.59. The fourth-order valence-electron chi connectivity index (χ4n) is 1.79. The average Bonchev–Trinajstić information content (AvgIpc) is 2.52. The van der Waals surface area contributed by atoms with Crippen LogP contribution in [0.25, 0.3) is 0 Å². The van der Waals surface area contributed by atoms with Gasteiger partial charge in [0.05, 0.1) is 12.5 Å². The summed E-state index contributed by atoms with van der Waals surface area (Å²) in [6, 6.07) is 0.172. The Morgan fingerprint density at radius 2 is 2.29 bits per heavy atom. The van der Waals surface area contributed by atoms with Crippen molar-refractivity contribution in [3.63, 3.8) is 0 Å². The first-order chi connectivity index (χ1) is 6.63. The quantitative estimate of drug-likeness (QED) is 0.680. The van der Waals surface area contributed by atoms with Gasteiger partial charge in [0.1, 0.15) is 6.10 Å². The Bertz CT molecular complexity index is 196. The van der Waals surface area contributed by atoms with E-state index in [0.717, 1.165) is 19.3 Å². The van der Waals surface area contributed by atoms with Gasteiger partial charge in [0, 0.05) is 13.2 Å². The number of ether oxygens (including phenoxy) is 2. The van der Waals surface area contributed by atoms with Crippen LogP contribution in [0.4, 0.5) is 0 Å². The van der Waals surface area contributed by atoms with E-state index in [1.54, 1.807) is 7.11 Å². The molecule has 1 aliphatic carbocycles. The van der Waals surface area contributed by atoms with Gasteiger partial charge in [-0.2, -0.15) is 0 Å². The minimum atomic E-state index is -0.163. The van der Waals surface area contributed by atoms with Gasteiger partial charge in [-0.15, -0.1) is 0 Å². The highest BCUT2D eigenvalue weighted by atomic mass is 16.6. The minimum absolute atomic E-state index is 0.00399. The van der Waals surface area contributed by atoms with Crippen molar-refractivity contribution >= 4 is 5.97 Å². The van der Waals surface area contributed by atoms with Gasteiger partial charge >= 0.3 is 5.97 Å². The summed E-state index contributed by atoms with van der Waals surface area (Å²) in [5, 5.41) is 0. The molecule has 1 rings (SSSR count). The van der Waals surface area contributed by atoms with Crippen LogP contribution in [0.1, 0.15) is 26.2 Å². The van der Waals surface area contributed by atoms with Gasteiger partial charge in [-0.05, 0) is 26.2 Å². The van der Waals surface area contributed by atoms with Gasteiger partial charge < -0.3 is 15.2 Å². The topological polar surface area (TPSA) is 61.5 Å². The van der Waals surface area contributed by atoms with Gasteiger partial charge in [-0.3, -0.25) is 4.79 Å². The van der Waals surface area contributed by atoms with Crippen LogP contribution in [-0.2, 0) is 14.3 Å². The van der Waals surface area contributed by atoms with Crippen LogP contribution in [0.2, 0.25) is 0 Å². The molecule has 0 aromatic heterocycles. The van der Waals surface area contributed by atoms with E-state index in [0.29, 0.717) is 6.61 Å². The van der Waals surface area contributed by atoms with Crippen LogP contribution >= 0.6 is 0 Å².